The molecular weight excluding hydrogens is 252 g/mol. The Hall–Kier alpha value is -2.56. The highest BCUT2D eigenvalue weighted by molar-refractivity contribution is 5.91. The van der Waals surface area contributed by atoms with Gasteiger partial charge in [-0.2, -0.15) is 0 Å². The lowest BCUT2D eigenvalue weighted by molar-refractivity contribution is -0.116. The predicted octanol–water partition coefficient (Wildman–Crippen LogP) is 1.75. The number of nitrogens with zero attached hydrogens (tertiary/aromatic N) is 1. The maximum absolute atomic E-state index is 11.6. The molecule has 0 aliphatic rings. The van der Waals surface area contributed by atoms with Crippen LogP contribution in [-0.2, 0) is 11.2 Å². The third-order valence-corrected chi connectivity index (χ3v) is 2.78. The molecule has 2 aromatic rings. The molecule has 5 heteroatoms. The number of aryl methyl sites for hydroxylation is 1. The summed E-state index contributed by atoms with van der Waals surface area (Å²) < 4.78 is 0. The number of imidazole rings is 1. The van der Waals surface area contributed by atoms with Gasteiger partial charge in [0.2, 0.25) is 5.91 Å². The van der Waals surface area contributed by atoms with Crippen LogP contribution in [0, 0.1) is 0 Å². The van der Waals surface area contributed by atoms with E-state index < -0.39 is 0 Å². The van der Waals surface area contributed by atoms with Gasteiger partial charge in [0.05, 0.1) is 0 Å². The van der Waals surface area contributed by atoms with E-state index in [9.17, 15) is 4.79 Å². The fourth-order valence-electron chi connectivity index (χ4n) is 1.80. The second-order valence-electron chi connectivity index (χ2n) is 4.43. The van der Waals surface area contributed by atoms with E-state index in [1.165, 1.54) is 6.08 Å². The van der Waals surface area contributed by atoms with E-state index in [1.807, 2.05) is 24.3 Å². The Balaban J connectivity index is 1.70. The normalized spacial score (nSPS) is 10.8. The number of nitrogen functional groups attached to an aromatic ring is 1. The number of hydrogen-bond donors (Lipinski definition) is 3. The number of hydrogen-bond acceptors (Lipinski definition) is 3. The molecule has 0 aliphatic carbocycles. The highest BCUT2D eigenvalue weighted by atomic mass is 16.1. The number of benzene rings is 1. The molecule has 1 heterocycles. The first-order valence-corrected chi connectivity index (χ1v) is 6.54. The monoisotopic (exact) mass is 270 g/mol. The highest BCUT2D eigenvalue weighted by Crippen LogP contribution is 2.07. The Morgan fingerprint density at radius 2 is 2.35 bits per heavy atom. The van der Waals surface area contributed by atoms with Gasteiger partial charge in [0.1, 0.15) is 5.82 Å². The highest BCUT2D eigenvalue weighted by Gasteiger charge is 1.97. The Morgan fingerprint density at radius 3 is 3.10 bits per heavy atom. The zero-order valence-electron chi connectivity index (χ0n) is 11.2. The molecule has 0 aliphatic heterocycles. The van der Waals surface area contributed by atoms with Gasteiger partial charge in [-0.05, 0) is 30.2 Å². The lowest BCUT2D eigenvalue weighted by Gasteiger charge is -2.01. The van der Waals surface area contributed by atoms with Crippen molar-refractivity contribution in [3.8, 4) is 0 Å². The van der Waals surface area contributed by atoms with Crippen LogP contribution in [0.4, 0.5) is 5.69 Å². The van der Waals surface area contributed by atoms with E-state index in [1.54, 1.807) is 18.5 Å². The number of aromatic nitrogens is 2. The molecule has 0 bridgehead atoms. The average molecular weight is 270 g/mol. The molecule has 0 unspecified atom stereocenters. The third kappa shape index (κ3) is 4.61. The molecule has 4 N–H and O–H groups in total. The number of nitrogens with two attached hydrogens (primary N) is 1. The fraction of sp³-hybridized carbons (Fsp3) is 0.200. The van der Waals surface area contributed by atoms with Crippen molar-refractivity contribution in [1.29, 1.82) is 0 Å². The summed E-state index contributed by atoms with van der Waals surface area (Å²) in [4.78, 5) is 18.8. The molecule has 1 amide bonds. The quantitative estimate of drug-likeness (QED) is 0.425. The van der Waals surface area contributed by atoms with Gasteiger partial charge < -0.3 is 16.0 Å². The topological polar surface area (TPSA) is 83.8 Å². The number of anilines is 1. The molecule has 0 saturated carbocycles. The maximum atomic E-state index is 11.6. The number of H-pyrrole nitrogens is 1. The van der Waals surface area contributed by atoms with Crippen LogP contribution in [-0.4, -0.2) is 22.4 Å². The zero-order chi connectivity index (χ0) is 14.2. The molecule has 5 nitrogen and oxygen atoms in total. The first-order chi connectivity index (χ1) is 9.74. The van der Waals surface area contributed by atoms with Crippen molar-refractivity contribution in [2.45, 2.75) is 12.8 Å². The van der Waals surface area contributed by atoms with Crippen molar-refractivity contribution >= 4 is 17.7 Å². The van der Waals surface area contributed by atoms with Crippen LogP contribution in [0.5, 0.6) is 0 Å². The van der Waals surface area contributed by atoms with Gasteiger partial charge in [0.15, 0.2) is 0 Å². The molecule has 0 radical (unpaired) electrons. The molecular formula is C15H18N4O. The van der Waals surface area contributed by atoms with Crippen LogP contribution in [0.3, 0.4) is 0 Å². The summed E-state index contributed by atoms with van der Waals surface area (Å²) in [6.45, 7) is 0.626. The van der Waals surface area contributed by atoms with E-state index in [4.69, 9.17) is 5.73 Å². The molecule has 2 rings (SSSR count). The third-order valence-electron chi connectivity index (χ3n) is 2.78. The summed E-state index contributed by atoms with van der Waals surface area (Å²) in [5, 5.41) is 2.83. The lowest BCUT2D eigenvalue weighted by atomic mass is 10.2. The van der Waals surface area contributed by atoms with Gasteiger partial charge in [-0.15, -0.1) is 0 Å². The molecule has 0 saturated heterocycles. The van der Waals surface area contributed by atoms with Gasteiger partial charge in [0, 0.05) is 37.1 Å². The van der Waals surface area contributed by atoms with Gasteiger partial charge in [-0.25, -0.2) is 4.98 Å². The fourth-order valence-corrected chi connectivity index (χ4v) is 1.80. The summed E-state index contributed by atoms with van der Waals surface area (Å²) in [6.07, 6.45) is 8.46. The maximum Gasteiger partial charge on any atom is 0.243 e. The van der Waals surface area contributed by atoms with Gasteiger partial charge in [-0.3, -0.25) is 4.79 Å². The number of amides is 1. The van der Waals surface area contributed by atoms with E-state index in [0.717, 1.165) is 24.2 Å². The van der Waals surface area contributed by atoms with Crippen molar-refractivity contribution in [1.82, 2.24) is 15.3 Å². The van der Waals surface area contributed by atoms with Crippen LogP contribution >= 0.6 is 0 Å². The molecule has 1 aromatic carbocycles. The summed E-state index contributed by atoms with van der Waals surface area (Å²) in [7, 11) is 0. The lowest BCUT2D eigenvalue weighted by Crippen LogP contribution is -2.22. The summed E-state index contributed by atoms with van der Waals surface area (Å²) in [5.41, 5.74) is 7.27. The standard InChI is InChI=1S/C15H18N4O/c16-13-4-1-3-12(11-13)6-7-15(20)19-8-2-5-14-17-9-10-18-14/h1,3-4,6-7,9-11H,2,5,8,16H2,(H,17,18)(H,19,20)/b7-6+. The molecule has 0 fully saturated rings. The number of aromatic amines is 1. The average Bonchev–Trinajstić information content (AvgIpc) is 2.95. The number of carbonyl (C=O) groups excluding carboxylic acids is 1. The smallest absolute Gasteiger partial charge is 0.243 e. The Labute approximate surface area is 117 Å². The molecule has 20 heavy (non-hydrogen) atoms. The number of rotatable bonds is 6. The minimum atomic E-state index is -0.105. The largest absolute Gasteiger partial charge is 0.399 e. The van der Waals surface area contributed by atoms with Gasteiger partial charge >= 0.3 is 0 Å². The molecule has 104 valence electrons. The van der Waals surface area contributed by atoms with Crippen molar-refractivity contribution in [2.24, 2.45) is 0 Å². The van der Waals surface area contributed by atoms with E-state index >= 15 is 0 Å². The van der Waals surface area contributed by atoms with Crippen LogP contribution in [0.1, 0.15) is 17.8 Å². The molecule has 0 spiro atoms. The second kappa shape index (κ2) is 7.13. The van der Waals surface area contributed by atoms with Crippen molar-refractivity contribution in [3.63, 3.8) is 0 Å². The van der Waals surface area contributed by atoms with Gasteiger partial charge in [-0.1, -0.05) is 12.1 Å². The van der Waals surface area contributed by atoms with Crippen molar-refractivity contribution in [3.05, 3.63) is 54.1 Å². The Kier molecular flexibility index (Phi) is 4.94. The van der Waals surface area contributed by atoms with Crippen LogP contribution in [0.15, 0.2) is 42.7 Å². The Bertz CT molecular complexity index is 575. The SMILES string of the molecule is Nc1cccc(/C=C/C(=O)NCCCc2ncc[nH]2)c1. The zero-order valence-corrected chi connectivity index (χ0v) is 11.2. The minimum Gasteiger partial charge on any atom is -0.399 e. The van der Waals surface area contributed by atoms with Crippen molar-refractivity contribution in [2.75, 3.05) is 12.3 Å². The number of nitrogens with one attached hydrogen (secondary N) is 2. The van der Waals surface area contributed by atoms with Crippen LogP contribution < -0.4 is 11.1 Å². The van der Waals surface area contributed by atoms with Crippen molar-refractivity contribution < 1.29 is 4.79 Å². The molecule has 1 aromatic heterocycles. The first kappa shape index (κ1) is 13.9. The summed E-state index contributed by atoms with van der Waals surface area (Å²) in [6, 6.07) is 7.39. The van der Waals surface area contributed by atoms with E-state index in [0.29, 0.717) is 12.2 Å². The molecule has 0 atom stereocenters. The minimum absolute atomic E-state index is 0.105. The number of carbonyl (C=O) groups is 1. The summed E-state index contributed by atoms with van der Waals surface area (Å²) in [5.74, 6) is 0.835. The summed E-state index contributed by atoms with van der Waals surface area (Å²) >= 11 is 0. The van der Waals surface area contributed by atoms with Crippen LogP contribution in [0.25, 0.3) is 6.08 Å². The second-order valence-corrected chi connectivity index (χ2v) is 4.43. The van der Waals surface area contributed by atoms with E-state index in [2.05, 4.69) is 15.3 Å². The van der Waals surface area contributed by atoms with Crippen LogP contribution in [0.2, 0.25) is 0 Å². The first-order valence-electron chi connectivity index (χ1n) is 6.54. The Morgan fingerprint density at radius 1 is 1.45 bits per heavy atom. The van der Waals surface area contributed by atoms with Gasteiger partial charge in [0.25, 0.3) is 0 Å². The predicted molar refractivity (Wildman–Crippen MR) is 79.8 cm³/mol. The van der Waals surface area contributed by atoms with E-state index in [-0.39, 0.29) is 5.91 Å².